The lowest BCUT2D eigenvalue weighted by molar-refractivity contribution is -0.121. The molecule has 8 nitrogen and oxygen atoms in total. The number of furan rings is 1. The molecule has 0 saturated heterocycles. The first kappa shape index (κ1) is 19.3. The molecule has 0 radical (unpaired) electrons. The second-order valence-corrected chi connectivity index (χ2v) is 6.95. The fraction of sp³-hybridized carbons (Fsp3) is 0.136. The van der Waals surface area contributed by atoms with Crippen LogP contribution in [-0.4, -0.2) is 28.8 Å². The Kier molecular flexibility index (Phi) is 5.21. The molecule has 152 valence electrons. The second kappa shape index (κ2) is 8.12. The van der Waals surface area contributed by atoms with Crippen molar-refractivity contribution >= 4 is 29.2 Å². The molecule has 4 rings (SSSR count). The van der Waals surface area contributed by atoms with Gasteiger partial charge in [0, 0.05) is 24.3 Å². The molecule has 0 spiro atoms. The molecule has 0 saturated carbocycles. The Bertz CT molecular complexity index is 1080. The topological polar surface area (TPSA) is 118 Å². The van der Waals surface area contributed by atoms with Crippen molar-refractivity contribution in [3.05, 3.63) is 83.8 Å². The van der Waals surface area contributed by atoms with E-state index in [1.54, 1.807) is 36.4 Å². The summed E-state index contributed by atoms with van der Waals surface area (Å²) in [6, 6.07) is 16.2. The molecule has 4 N–H and O–H groups in total. The van der Waals surface area contributed by atoms with Crippen LogP contribution in [0.3, 0.4) is 0 Å². The fourth-order valence-electron chi connectivity index (χ4n) is 3.52. The van der Waals surface area contributed by atoms with Crippen LogP contribution in [0.15, 0.2) is 71.3 Å². The smallest absolute Gasteiger partial charge is 0.316 e. The van der Waals surface area contributed by atoms with Gasteiger partial charge in [-0.05, 0) is 47.5 Å². The SMILES string of the molecule is NC(=O)Nc1ccc(NC(=O)C2Cc3ccccc3CN2C(=O)c2ccco2)cc1. The van der Waals surface area contributed by atoms with Crippen LogP contribution in [0.2, 0.25) is 0 Å². The minimum Gasteiger partial charge on any atom is -0.459 e. The molecule has 2 aromatic carbocycles. The van der Waals surface area contributed by atoms with E-state index < -0.39 is 12.1 Å². The van der Waals surface area contributed by atoms with Crippen LogP contribution in [0.1, 0.15) is 21.7 Å². The lowest BCUT2D eigenvalue weighted by atomic mass is 9.93. The number of rotatable bonds is 4. The lowest BCUT2D eigenvalue weighted by Gasteiger charge is -2.35. The second-order valence-electron chi connectivity index (χ2n) is 6.95. The zero-order chi connectivity index (χ0) is 21.1. The van der Waals surface area contributed by atoms with Gasteiger partial charge in [-0.15, -0.1) is 0 Å². The number of fused-ring (bicyclic) bond motifs is 1. The number of carbonyl (C=O) groups excluding carboxylic acids is 3. The fourth-order valence-corrected chi connectivity index (χ4v) is 3.52. The number of nitrogens with zero attached hydrogens (tertiary/aromatic N) is 1. The highest BCUT2D eigenvalue weighted by atomic mass is 16.3. The standard InChI is InChI=1S/C22H20N4O4/c23-22(29)25-17-9-7-16(8-10-17)24-20(27)18-12-14-4-1-2-5-15(14)13-26(18)21(28)19-6-3-11-30-19/h1-11,18H,12-13H2,(H,24,27)(H3,23,25,29). The van der Waals surface area contributed by atoms with Crippen LogP contribution in [0.5, 0.6) is 0 Å². The van der Waals surface area contributed by atoms with Gasteiger partial charge in [0.05, 0.1) is 6.26 Å². The summed E-state index contributed by atoms with van der Waals surface area (Å²) in [4.78, 5) is 38.5. The summed E-state index contributed by atoms with van der Waals surface area (Å²) in [6.07, 6.45) is 1.83. The Morgan fingerprint density at radius 2 is 1.57 bits per heavy atom. The van der Waals surface area contributed by atoms with Gasteiger partial charge in [-0.2, -0.15) is 0 Å². The molecule has 1 aliphatic heterocycles. The first-order chi connectivity index (χ1) is 14.5. The normalized spacial score (nSPS) is 15.2. The highest BCUT2D eigenvalue weighted by molar-refractivity contribution is 6.00. The molecule has 0 fully saturated rings. The molecule has 1 aliphatic rings. The van der Waals surface area contributed by atoms with E-state index in [4.69, 9.17) is 10.2 Å². The number of nitrogens with one attached hydrogen (secondary N) is 2. The van der Waals surface area contributed by atoms with Gasteiger partial charge in [-0.25, -0.2) is 4.79 Å². The van der Waals surface area contributed by atoms with Crippen LogP contribution in [0.25, 0.3) is 0 Å². The van der Waals surface area contributed by atoms with Crippen molar-refractivity contribution in [1.82, 2.24) is 4.90 Å². The maximum absolute atomic E-state index is 13.1. The summed E-state index contributed by atoms with van der Waals surface area (Å²) in [6.45, 7) is 0.315. The zero-order valence-corrected chi connectivity index (χ0v) is 16.0. The van der Waals surface area contributed by atoms with Gasteiger partial charge in [-0.3, -0.25) is 9.59 Å². The molecule has 1 unspecified atom stereocenters. The summed E-state index contributed by atoms with van der Waals surface area (Å²) in [7, 11) is 0. The minimum absolute atomic E-state index is 0.189. The summed E-state index contributed by atoms with van der Waals surface area (Å²) in [5.74, 6) is -0.454. The molecular weight excluding hydrogens is 384 g/mol. The van der Waals surface area contributed by atoms with E-state index in [1.165, 1.54) is 11.2 Å². The molecule has 1 atom stereocenters. The van der Waals surface area contributed by atoms with Gasteiger partial charge in [-0.1, -0.05) is 24.3 Å². The van der Waals surface area contributed by atoms with Crippen molar-refractivity contribution in [3.63, 3.8) is 0 Å². The van der Waals surface area contributed by atoms with Crippen molar-refractivity contribution in [2.75, 3.05) is 10.6 Å². The number of hydrogen-bond acceptors (Lipinski definition) is 4. The molecule has 0 bridgehead atoms. The first-order valence-corrected chi connectivity index (χ1v) is 9.40. The van der Waals surface area contributed by atoms with Crippen LogP contribution >= 0.6 is 0 Å². The number of primary amides is 1. The Morgan fingerprint density at radius 3 is 2.20 bits per heavy atom. The Labute approximate surface area is 172 Å². The molecule has 2 heterocycles. The van der Waals surface area contributed by atoms with Gasteiger partial charge in [0.15, 0.2) is 5.76 Å². The monoisotopic (exact) mass is 404 g/mol. The number of carbonyl (C=O) groups is 3. The minimum atomic E-state index is -0.694. The quantitative estimate of drug-likeness (QED) is 0.619. The highest BCUT2D eigenvalue weighted by Crippen LogP contribution is 2.26. The molecule has 3 aromatic rings. The maximum Gasteiger partial charge on any atom is 0.316 e. The third kappa shape index (κ3) is 4.02. The maximum atomic E-state index is 13.1. The van der Waals surface area contributed by atoms with Crippen LogP contribution in [0.4, 0.5) is 16.2 Å². The van der Waals surface area contributed by atoms with Gasteiger partial charge in [0.2, 0.25) is 5.91 Å². The van der Waals surface area contributed by atoms with E-state index in [0.29, 0.717) is 24.3 Å². The molecule has 8 heteroatoms. The predicted molar refractivity (Wildman–Crippen MR) is 111 cm³/mol. The average Bonchev–Trinajstić information content (AvgIpc) is 3.28. The average molecular weight is 404 g/mol. The highest BCUT2D eigenvalue weighted by Gasteiger charge is 2.36. The predicted octanol–water partition coefficient (Wildman–Crippen LogP) is 2.98. The first-order valence-electron chi connectivity index (χ1n) is 9.40. The number of nitrogens with two attached hydrogens (primary N) is 1. The molecule has 30 heavy (non-hydrogen) atoms. The van der Waals surface area contributed by atoms with Crippen molar-refractivity contribution in [3.8, 4) is 0 Å². The number of anilines is 2. The number of hydrogen-bond donors (Lipinski definition) is 3. The van der Waals surface area contributed by atoms with E-state index in [9.17, 15) is 14.4 Å². The van der Waals surface area contributed by atoms with Crippen LogP contribution < -0.4 is 16.4 Å². The molecular formula is C22H20N4O4. The van der Waals surface area contributed by atoms with Gasteiger partial charge >= 0.3 is 6.03 Å². The summed E-state index contributed by atoms with van der Waals surface area (Å²) in [5, 5.41) is 5.31. The molecule has 1 aromatic heterocycles. The van der Waals surface area contributed by atoms with E-state index in [2.05, 4.69) is 10.6 Å². The Morgan fingerprint density at radius 1 is 0.900 bits per heavy atom. The number of amides is 4. The van der Waals surface area contributed by atoms with E-state index in [1.807, 2.05) is 24.3 Å². The van der Waals surface area contributed by atoms with Crippen molar-refractivity contribution in [2.45, 2.75) is 19.0 Å². The third-order valence-corrected chi connectivity index (χ3v) is 4.96. The summed E-state index contributed by atoms with van der Waals surface area (Å²) >= 11 is 0. The Hall–Kier alpha value is -4.07. The number of urea groups is 1. The summed E-state index contributed by atoms with van der Waals surface area (Å²) < 4.78 is 5.26. The van der Waals surface area contributed by atoms with Gasteiger partial charge in [0.25, 0.3) is 5.91 Å². The van der Waals surface area contributed by atoms with E-state index in [-0.39, 0.29) is 17.6 Å². The van der Waals surface area contributed by atoms with Crippen molar-refractivity contribution in [1.29, 1.82) is 0 Å². The molecule has 0 aliphatic carbocycles. The van der Waals surface area contributed by atoms with Crippen LogP contribution in [-0.2, 0) is 17.8 Å². The Balaban J connectivity index is 1.56. The van der Waals surface area contributed by atoms with Crippen LogP contribution in [0, 0.1) is 0 Å². The van der Waals surface area contributed by atoms with Gasteiger partial charge in [0.1, 0.15) is 6.04 Å². The van der Waals surface area contributed by atoms with Gasteiger partial charge < -0.3 is 25.7 Å². The third-order valence-electron chi connectivity index (χ3n) is 4.96. The zero-order valence-electron chi connectivity index (χ0n) is 16.0. The van der Waals surface area contributed by atoms with E-state index in [0.717, 1.165) is 11.1 Å². The number of benzene rings is 2. The van der Waals surface area contributed by atoms with E-state index >= 15 is 0 Å². The van der Waals surface area contributed by atoms with Crippen molar-refractivity contribution in [2.24, 2.45) is 5.73 Å². The lowest BCUT2D eigenvalue weighted by Crippen LogP contribution is -2.50. The van der Waals surface area contributed by atoms with Crippen molar-refractivity contribution < 1.29 is 18.8 Å². The molecule has 4 amide bonds. The largest absolute Gasteiger partial charge is 0.459 e. The summed E-state index contributed by atoms with van der Waals surface area (Å²) in [5.41, 5.74) is 8.19.